The van der Waals surface area contributed by atoms with Crippen LogP contribution in [0.2, 0.25) is 0 Å². The maximum Gasteiger partial charge on any atom is 0.260 e. The molecule has 0 saturated carbocycles. The zero-order chi connectivity index (χ0) is 34.5. The highest BCUT2D eigenvalue weighted by molar-refractivity contribution is 6.06. The number of H-pyrrole nitrogens is 2. The van der Waals surface area contributed by atoms with Gasteiger partial charge in [0.15, 0.2) is 11.2 Å². The lowest BCUT2D eigenvalue weighted by atomic mass is 9.77. The van der Waals surface area contributed by atoms with Crippen molar-refractivity contribution in [1.29, 1.82) is 0 Å². The molecule has 8 rings (SSSR count). The SMILES string of the molecule is C/C=C/C=C/c1cc2c(-c3ccc4[nH]ccc4c3)c3c(c(O)c2c(=O)[nH]1)[C@@]1(CC3)C(O)=c2c(=O)c3c(=O)cc(OC)c(=O)c=3c(=O)c2=C1O. The number of aliphatic hydroxyl groups excluding tert-OH is 2. The Balaban J connectivity index is 1.55. The highest BCUT2D eigenvalue weighted by atomic mass is 16.5. The summed E-state index contributed by atoms with van der Waals surface area (Å²) in [6.07, 6.45) is 8.88. The number of benzene rings is 2. The summed E-state index contributed by atoms with van der Waals surface area (Å²) >= 11 is 0. The minimum atomic E-state index is -2.04. The van der Waals surface area contributed by atoms with Gasteiger partial charge in [-0.15, -0.1) is 0 Å². The molecule has 11 heteroatoms. The van der Waals surface area contributed by atoms with E-state index in [0.717, 1.165) is 24.1 Å². The molecule has 4 aromatic rings. The van der Waals surface area contributed by atoms with Crippen molar-refractivity contribution in [2.75, 3.05) is 7.11 Å². The number of fused-ring (bicyclic) bond motifs is 5. The maximum atomic E-state index is 13.9. The molecule has 4 aliphatic carbocycles. The van der Waals surface area contributed by atoms with E-state index in [4.69, 9.17) is 4.74 Å². The van der Waals surface area contributed by atoms with Crippen molar-refractivity contribution in [3.05, 3.63) is 150 Å². The molecule has 0 bridgehead atoms. The molecule has 0 unspecified atom stereocenters. The van der Waals surface area contributed by atoms with Gasteiger partial charge in [-0.2, -0.15) is 0 Å². The van der Waals surface area contributed by atoms with Gasteiger partial charge < -0.3 is 30.0 Å². The Morgan fingerprint density at radius 2 is 1.59 bits per heavy atom. The summed E-state index contributed by atoms with van der Waals surface area (Å²) in [5.41, 5.74) is -3.94. The largest absolute Gasteiger partial charge is 0.510 e. The van der Waals surface area contributed by atoms with Crippen molar-refractivity contribution in [3.8, 4) is 22.6 Å². The summed E-state index contributed by atoms with van der Waals surface area (Å²) in [5, 5.41) is 34.3. The molecule has 11 nitrogen and oxygen atoms in total. The van der Waals surface area contributed by atoms with Gasteiger partial charge in [0.25, 0.3) is 5.56 Å². The van der Waals surface area contributed by atoms with Crippen LogP contribution in [0.15, 0.2) is 84.8 Å². The number of aliphatic hydroxyl groups is 2. The summed E-state index contributed by atoms with van der Waals surface area (Å²) < 4.78 is 4.96. The van der Waals surface area contributed by atoms with E-state index >= 15 is 0 Å². The van der Waals surface area contributed by atoms with Crippen LogP contribution < -0.4 is 42.4 Å². The first-order chi connectivity index (χ1) is 23.5. The Morgan fingerprint density at radius 3 is 2.31 bits per heavy atom. The van der Waals surface area contributed by atoms with Crippen LogP contribution >= 0.6 is 0 Å². The normalized spacial score (nSPS) is 17.1. The Bertz CT molecular complexity index is 3030. The summed E-state index contributed by atoms with van der Waals surface area (Å²) in [4.78, 5) is 73.7. The van der Waals surface area contributed by atoms with Crippen LogP contribution in [-0.4, -0.2) is 32.4 Å². The molecule has 0 aliphatic heterocycles. The quantitative estimate of drug-likeness (QED) is 0.178. The van der Waals surface area contributed by atoms with E-state index in [1.807, 2.05) is 37.3 Å². The first kappa shape index (κ1) is 29.9. The zero-order valence-electron chi connectivity index (χ0n) is 26.1. The first-order valence-corrected chi connectivity index (χ1v) is 15.4. The van der Waals surface area contributed by atoms with Crippen molar-refractivity contribution < 1.29 is 20.1 Å². The van der Waals surface area contributed by atoms with Crippen molar-refractivity contribution in [2.45, 2.75) is 25.2 Å². The van der Waals surface area contributed by atoms with Gasteiger partial charge in [-0.1, -0.05) is 24.3 Å². The number of nitrogens with one attached hydrogen (secondary N) is 2. The van der Waals surface area contributed by atoms with E-state index < -0.39 is 76.6 Å². The second kappa shape index (κ2) is 10.3. The van der Waals surface area contributed by atoms with E-state index in [1.165, 1.54) is 0 Å². The van der Waals surface area contributed by atoms with Crippen LogP contribution in [0.25, 0.3) is 50.4 Å². The summed E-state index contributed by atoms with van der Waals surface area (Å²) in [6, 6.07) is 10.0. The number of hydrogen-bond donors (Lipinski definition) is 5. The number of allylic oxidation sites excluding steroid dienone is 3. The fourth-order valence-corrected chi connectivity index (χ4v) is 7.77. The van der Waals surface area contributed by atoms with Gasteiger partial charge in [0.2, 0.25) is 16.3 Å². The van der Waals surface area contributed by atoms with Crippen molar-refractivity contribution >= 4 is 39.3 Å². The number of phenolic OH excluding ortho intramolecular Hbond substituents is 1. The molecule has 1 spiro atoms. The first-order valence-electron chi connectivity index (χ1n) is 15.4. The molecular formula is C38H26N2O9. The molecule has 0 saturated heterocycles. The number of methoxy groups -OCH3 is 1. The summed E-state index contributed by atoms with van der Waals surface area (Å²) in [7, 11) is 1.13. The number of aromatic amines is 2. The number of aromatic nitrogens is 2. The van der Waals surface area contributed by atoms with Gasteiger partial charge in [-0.05, 0) is 72.2 Å². The predicted molar refractivity (Wildman–Crippen MR) is 184 cm³/mol. The van der Waals surface area contributed by atoms with E-state index in [9.17, 15) is 39.3 Å². The lowest BCUT2D eigenvalue weighted by molar-refractivity contribution is 0.362. The van der Waals surface area contributed by atoms with E-state index in [1.54, 1.807) is 30.5 Å². The molecule has 242 valence electrons. The predicted octanol–water partition coefficient (Wildman–Crippen LogP) is 2.25. The highest BCUT2D eigenvalue weighted by Gasteiger charge is 2.54. The van der Waals surface area contributed by atoms with Gasteiger partial charge in [0.1, 0.15) is 22.7 Å². The molecule has 1 atom stereocenters. The minimum Gasteiger partial charge on any atom is -0.510 e. The van der Waals surface area contributed by atoms with Gasteiger partial charge in [0, 0.05) is 34.4 Å². The van der Waals surface area contributed by atoms with E-state index in [0.29, 0.717) is 27.8 Å². The van der Waals surface area contributed by atoms with Gasteiger partial charge >= 0.3 is 0 Å². The van der Waals surface area contributed by atoms with Crippen molar-refractivity contribution in [1.82, 2.24) is 9.97 Å². The second-order valence-corrected chi connectivity index (χ2v) is 12.3. The van der Waals surface area contributed by atoms with Crippen molar-refractivity contribution in [2.24, 2.45) is 0 Å². The monoisotopic (exact) mass is 654 g/mol. The molecule has 49 heavy (non-hydrogen) atoms. The Labute approximate surface area is 273 Å². The Kier molecular flexibility index (Phi) is 6.25. The number of hydrogen-bond acceptors (Lipinski definition) is 9. The van der Waals surface area contributed by atoms with Gasteiger partial charge in [-0.3, -0.25) is 24.0 Å². The standard InChI is InChI=1S/C38H26N2O9/c1-3-4-5-6-18-14-20-24(17-7-8-21-16(13-17)10-12-39-21)19-9-11-38(30(19)34(45)25(20)37(48)40-18)35(46)28-29(36(38)47)33(44)27-26(32(28)43)22(41)15-23(49-2)31(27)42/h3-8,10,12-15,39,45-47H,9,11H2,1-2H3,(H,40,48)/b4-3+,6-5+/t38-/m0/s1. The van der Waals surface area contributed by atoms with Gasteiger partial charge in [0.05, 0.1) is 33.4 Å². The molecule has 2 aromatic carbocycles. The highest BCUT2D eigenvalue weighted by Crippen LogP contribution is 2.57. The minimum absolute atomic E-state index is 0.0526. The third kappa shape index (κ3) is 3.75. The molecule has 4 aliphatic rings. The van der Waals surface area contributed by atoms with Crippen LogP contribution in [0.3, 0.4) is 0 Å². The molecule has 0 fully saturated rings. The van der Waals surface area contributed by atoms with E-state index in [-0.39, 0.29) is 23.8 Å². The number of ether oxygens (including phenoxy) is 1. The fourth-order valence-electron chi connectivity index (χ4n) is 7.77. The second-order valence-electron chi connectivity index (χ2n) is 12.3. The third-order valence-electron chi connectivity index (χ3n) is 9.87. The number of pyridine rings is 1. The molecule has 2 aromatic heterocycles. The van der Waals surface area contributed by atoms with Crippen LogP contribution in [0.1, 0.15) is 30.2 Å². The third-order valence-corrected chi connectivity index (χ3v) is 9.87. The van der Waals surface area contributed by atoms with Crippen LogP contribution in [0.5, 0.6) is 11.5 Å². The average molecular weight is 655 g/mol. The van der Waals surface area contributed by atoms with Gasteiger partial charge in [-0.25, -0.2) is 0 Å². The number of aromatic hydroxyl groups is 1. The lowest BCUT2D eigenvalue weighted by Gasteiger charge is -2.28. The number of rotatable bonds is 4. The molecule has 2 heterocycles. The average Bonchev–Trinajstić information content (AvgIpc) is 3.77. The fraction of sp³-hybridized carbons (Fsp3) is 0.132. The molecule has 0 radical (unpaired) electrons. The Hall–Kier alpha value is -6.49. The Morgan fingerprint density at radius 1 is 0.857 bits per heavy atom. The van der Waals surface area contributed by atoms with Crippen LogP contribution in [-0.2, 0) is 11.8 Å². The van der Waals surface area contributed by atoms with E-state index in [2.05, 4.69) is 9.97 Å². The van der Waals surface area contributed by atoms with Crippen LogP contribution in [0.4, 0.5) is 0 Å². The molecule has 0 amide bonds. The zero-order valence-corrected chi connectivity index (χ0v) is 26.1. The summed E-state index contributed by atoms with van der Waals surface area (Å²) in [5.74, 6) is -2.52. The smallest absolute Gasteiger partial charge is 0.260 e. The maximum absolute atomic E-state index is 13.9. The summed E-state index contributed by atoms with van der Waals surface area (Å²) in [6.45, 7) is 1.85. The van der Waals surface area contributed by atoms with Crippen molar-refractivity contribution in [3.63, 3.8) is 0 Å². The lowest BCUT2D eigenvalue weighted by Crippen LogP contribution is -2.51. The van der Waals surface area contributed by atoms with Crippen LogP contribution in [0, 0.1) is 10.4 Å². The topological polar surface area (TPSA) is 187 Å². The number of phenols is 1. The molecule has 5 N–H and O–H groups in total. The molecular weight excluding hydrogens is 628 g/mol.